The van der Waals surface area contributed by atoms with Gasteiger partial charge in [-0.2, -0.15) is 0 Å². The topological polar surface area (TPSA) is 0 Å². The van der Waals surface area contributed by atoms with E-state index in [4.69, 9.17) is 23.2 Å². The third-order valence-electron chi connectivity index (χ3n) is 0.0476. The van der Waals surface area contributed by atoms with E-state index in [-0.39, 0.29) is 0 Å². The van der Waals surface area contributed by atoms with Crippen LogP contribution in [0.1, 0.15) is 0 Å². The maximum absolute atomic E-state index is 4.87. The van der Waals surface area contributed by atoms with Crippen molar-refractivity contribution in [3.05, 3.63) is 11.1 Å². The maximum atomic E-state index is 4.87. The van der Waals surface area contributed by atoms with Gasteiger partial charge in [-0.3, -0.25) is 0 Å². The summed E-state index contributed by atoms with van der Waals surface area (Å²) < 4.78 is 0. The molecule has 0 saturated heterocycles. The fourth-order valence-corrected chi connectivity index (χ4v) is 0. The first kappa shape index (κ1) is 9.74. The van der Waals surface area contributed by atoms with Crippen molar-refractivity contribution in [2.24, 2.45) is 0 Å². The fraction of sp³-hybridized carbons (Fsp3) is 0.333. The molecule has 0 unspecified atom stereocenters. The van der Waals surface area contributed by atoms with E-state index >= 15 is 0 Å². The molecule has 3 heteroatoms. The van der Waals surface area contributed by atoms with Crippen LogP contribution in [0.25, 0.3) is 0 Å². The molecular formula is C3H8Cl2Si. The summed E-state index contributed by atoms with van der Waals surface area (Å²) in [6.45, 7) is 2.14. The molecule has 0 aliphatic rings. The average molecular weight is 143 g/mol. The Morgan fingerprint density at radius 1 is 1.17 bits per heavy atom. The van der Waals surface area contributed by atoms with Crippen LogP contribution in [0, 0.1) is 0 Å². The van der Waals surface area contributed by atoms with Crippen LogP contribution in [0.5, 0.6) is 0 Å². The third kappa shape index (κ3) is 24.0. The molecule has 0 aromatic carbocycles. The van der Waals surface area contributed by atoms with Gasteiger partial charge in [0.25, 0.3) is 0 Å². The van der Waals surface area contributed by atoms with E-state index in [1.165, 1.54) is 21.3 Å². The van der Waals surface area contributed by atoms with Gasteiger partial charge in [-0.05, 0) is 10.2 Å². The molecule has 0 aromatic heterocycles. The Hall–Kier alpha value is 0.537. The monoisotopic (exact) mass is 142 g/mol. The van der Waals surface area contributed by atoms with Gasteiger partial charge in [-0.1, -0.05) is 29.7 Å². The molecule has 0 radical (unpaired) electrons. The molecular weight excluding hydrogens is 135 g/mol. The summed E-state index contributed by atoms with van der Waals surface area (Å²) in [4.78, 5) is 0. The first-order valence-electron chi connectivity index (χ1n) is 1.77. The van der Waals surface area contributed by atoms with Crippen molar-refractivity contribution in [1.82, 2.24) is 0 Å². The molecule has 0 heterocycles. The molecule has 6 heavy (non-hydrogen) atoms. The van der Waals surface area contributed by atoms with Crippen molar-refractivity contribution < 1.29 is 0 Å². The lowest BCUT2D eigenvalue weighted by molar-refractivity contribution is 2.40. The van der Waals surface area contributed by atoms with E-state index in [0.29, 0.717) is 0 Å². The maximum Gasteiger partial charge on any atom is 0.0156 e. The van der Waals surface area contributed by atoms with E-state index in [9.17, 15) is 0 Å². The Morgan fingerprint density at radius 2 is 1.33 bits per heavy atom. The Bertz CT molecular complexity index is 24.0. The molecule has 0 aliphatic carbocycles. The highest BCUT2D eigenvalue weighted by atomic mass is 35.5. The fourth-order valence-electron chi connectivity index (χ4n) is 0. The Labute approximate surface area is 51.6 Å². The van der Waals surface area contributed by atoms with Crippen LogP contribution < -0.4 is 0 Å². The smallest absolute Gasteiger partial charge is 0.0156 e. The summed E-state index contributed by atoms with van der Waals surface area (Å²) in [6.07, 6.45) is 0. The van der Waals surface area contributed by atoms with Crippen LogP contribution in [-0.2, 0) is 0 Å². The number of hydrogen-bond donors (Lipinski definition) is 0. The van der Waals surface area contributed by atoms with Gasteiger partial charge in [0.15, 0.2) is 0 Å². The predicted molar refractivity (Wildman–Crippen MR) is 36.6 cm³/mol. The number of halogens is 2. The molecule has 38 valence electrons. The SMILES string of the molecule is C[SiH3].ClC=CCl. The third-order valence-corrected chi connectivity index (χ3v) is 0.429. The van der Waals surface area contributed by atoms with Crippen LogP contribution in [0.2, 0.25) is 6.55 Å². The van der Waals surface area contributed by atoms with Crippen molar-refractivity contribution in [2.75, 3.05) is 0 Å². The van der Waals surface area contributed by atoms with Crippen LogP contribution in [-0.4, -0.2) is 10.2 Å². The van der Waals surface area contributed by atoms with Crippen LogP contribution in [0.4, 0.5) is 0 Å². The predicted octanol–water partition coefficient (Wildman–Crippen LogP) is 1.34. The van der Waals surface area contributed by atoms with E-state index in [1.807, 2.05) is 0 Å². The molecule has 0 aromatic rings. The van der Waals surface area contributed by atoms with Gasteiger partial charge < -0.3 is 0 Å². The first-order chi connectivity index (χ1) is 2.91. The molecule has 0 amide bonds. The van der Waals surface area contributed by atoms with Gasteiger partial charge in [0, 0.05) is 11.1 Å². The summed E-state index contributed by atoms with van der Waals surface area (Å²) in [5.74, 6) is 0. The summed E-state index contributed by atoms with van der Waals surface area (Å²) in [7, 11) is 1.31. The van der Waals surface area contributed by atoms with E-state index in [0.717, 1.165) is 0 Å². The summed E-state index contributed by atoms with van der Waals surface area (Å²) in [6, 6.07) is 0. The standard InChI is InChI=1S/C2H2Cl2.CH6Si/c3-1-2-4;1-2/h1-2H;1-2H3. The van der Waals surface area contributed by atoms with Crippen molar-refractivity contribution in [3.63, 3.8) is 0 Å². The van der Waals surface area contributed by atoms with Crippen molar-refractivity contribution in [2.45, 2.75) is 6.55 Å². The second-order valence-electron chi connectivity index (χ2n) is 0.252. The van der Waals surface area contributed by atoms with Gasteiger partial charge >= 0.3 is 0 Å². The average Bonchev–Trinajstić information content (AvgIpc) is 1.72. The quantitative estimate of drug-likeness (QED) is 0.449. The van der Waals surface area contributed by atoms with Crippen molar-refractivity contribution in [1.29, 1.82) is 0 Å². The highest BCUT2D eigenvalue weighted by Gasteiger charge is 1.40. The minimum Gasteiger partial charge on any atom is -0.0920 e. The Kier molecular flexibility index (Phi) is 28.7. The van der Waals surface area contributed by atoms with Crippen molar-refractivity contribution >= 4 is 33.4 Å². The van der Waals surface area contributed by atoms with Gasteiger partial charge in [0.1, 0.15) is 0 Å². The molecule has 0 saturated carbocycles. The zero-order valence-corrected chi connectivity index (χ0v) is 7.42. The molecule has 0 atom stereocenters. The van der Waals surface area contributed by atoms with Crippen LogP contribution >= 0.6 is 23.2 Å². The lowest BCUT2D eigenvalue weighted by Crippen LogP contribution is -1.13. The molecule has 0 bridgehead atoms. The number of rotatable bonds is 0. The zero-order chi connectivity index (χ0) is 5.41. The minimum atomic E-state index is 1.24. The lowest BCUT2D eigenvalue weighted by Gasteiger charge is -1.44. The van der Waals surface area contributed by atoms with E-state index in [1.54, 1.807) is 0 Å². The molecule has 0 spiro atoms. The van der Waals surface area contributed by atoms with Crippen LogP contribution in [0.3, 0.4) is 0 Å². The highest BCUT2D eigenvalue weighted by Crippen LogP contribution is 1.78. The van der Waals surface area contributed by atoms with Crippen LogP contribution in [0.15, 0.2) is 11.1 Å². The molecule has 0 N–H and O–H groups in total. The highest BCUT2D eigenvalue weighted by molar-refractivity contribution is 6.33. The summed E-state index contributed by atoms with van der Waals surface area (Å²) in [5, 5.41) is 0. The number of hydrogen-bond acceptors (Lipinski definition) is 0. The summed E-state index contributed by atoms with van der Waals surface area (Å²) >= 11 is 9.75. The summed E-state index contributed by atoms with van der Waals surface area (Å²) in [5.41, 5.74) is 2.48. The van der Waals surface area contributed by atoms with E-state index < -0.39 is 0 Å². The molecule has 0 aliphatic heterocycles. The molecule has 0 fully saturated rings. The van der Waals surface area contributed by atoms with Gasteiger partial charge in [0.05, 0.1) is 0 Å². The molecule has 0 nitrogen and oxygen atoms in total. The normalized spacial score (nSPS) is 7.83. The second-order valence-corrected chi connectivity index (χ2v) is 0.756. The van der Waals surface area contributed by atoms with Gasteiger partial charge in [-0.15, -0.1) is 0 Å². The van der Waals surface area contributed by atoms with Gasteiger partial charge in [0.2, 0.25) is 0 Å². The second kappa shape index (κ2) is 17.7. The van der Waals surface area contributed by atoms with Gasteiger partial charge in [-0.25, -0.2) is 0 Å². The Balaban J connectivity index is 0. The Morgan fingerprint density at radius 3 is 1.33 bits per heavy atom. The lowest BCUT2D eigenvalue weighted by atomic mass is 11.3. The zero-order valence-electron chi connectivity index (χ0n) is 3.91. The van der Waals surface area contributed by atoms with Crippen molar-refractivity contribution in [3.8, 4) is 0 Å². The minimum absolute atomic E-state index is 1.24. The largest absolute Gasteiger partial charge is 0.0920 e. The molecule has 0 rings (SSSR count). The van der Waals surface area contributed by atoms with E-state index in [2.05, 4.69) is 6.55 Å². The first-order valence-corrected chi connectivity index (χ1v) is 4.64.